The molecule has 2 aromatic rings. The lowest BCUT2D eigenvalue weighted by atomic mass is 10.1. The molecule has 0 spiro atoms. The molecule has 1 unspecified atom stereocenters. The molecule has 0 aliphatic carbocycles. The maximum atomic E-state index is 12.1. The van der Waals surface area contributed by atoms with Gasteiger partial charge in [-0.05, 0) is 23.8 Å². The summed E-state index contributed by atoms with van der Waals surface area (Å²) in [6, 6.07) is 11.1. The summed E-state index contributed by atoms with van der Waals surface area (Å²) in [5, 5.41) is 5.45. The smallest absolute Gasteiger partial charge is 0.261 e. The van der Waals surface area contributed by atoms with Crippen molar-refractivity contribution in [3.05, 3.63) is 54.4 Å². The fourth-order valence-corrected chi connectivity index (χ4v) is 2.40. The van der Waals surface area contributed by atoms with Crippen LogP contribution in [0.3, 0.4) is 0 Å². The van der Waals surface area contributed by atoms with E-state index in [4.69, 9.17) is 4.74 Å². The molecule has 0 fully saturated rings. The van der Waals surface area contributed by atoms with Gasteiger partial charge in [-0.2, -0.15) is 0 Å². The number of carbonyl (C=O) groups is 2. The summed E-state index contributed by atoms with van der Waals surface area (Å²) >= 11 is 0. The normalized spacial score (nSPS) is 15.4. The van der Waals surface area contributed by atoms with Crippen LogP contribution in [0.4, 0.5) is 5.69 Å². The van der Waals surface area contributed by atoms with Crippen molar-refractivity contribution in [2.75, 3.05) is 11.9 Å². The van der Waals surface area contributed by atoms with Crippen LogP contribution in [0.15, 0.2) is 48.8 Å². The monoisotopic (exact) mass is 311 g/mol. The molecule has 0 bridgehead atoms. The fourth-order valence-electron chi connectivity index (χ4n) is 2.40. The summed E-state index contributed by atoms with van der Waals surface area (Å²) in [6.45, 7) is 0.265. The van der Waals surface area contributed by atoms with Crippen LogP contribution in [0.1, 0.15) is 12.0 Å². The number of carbonyl (C=O) groups excluding carboxylic acids is 2. The van der Waals surface area contributed by atoms with E-state index >= 15 is 0 Å². The molecule has 1 aromatic heterocycles. The highest BCUT2D eigenvalue weighted by molar-refractivity contribution is 5.91. The molecule has 0 radical (unpaired) electrons. The second-order valence-electron chi connectivity index (χ2n) is 5.25. The first kappa shape index (κ1) is 15.0. The molecule has 1 aliphatic heterocycles. The number of anilines is 1. The van der Waals surface area contributed by atoms with Gasteiger partial charge in [0.05, 0.1) is 11.9 Å². The minimum absolute atomic E-state index is 0.172. The number of amides is 2. The Labute approximate surface area is 133 Å². The van der Waals surface area contributed by atoms with Crippen molar-refractivity contribution in [1.29, 1.82) is 0 Å². The third kappa shape index (κ3) is 3.85. The second-order valence-corrected chi connectivity index (χ2v) is 5.25. The summed E-state index contributed by atoms with van der Waals surface area (Å²) in [5.41, 5.74) is 1.67. The van der Waals surface area contributed by atoms with Gasteiger partial charge in [0.2, 0.25) is 5.91 Å². The molecular formula is C17H17N3O3. The number of hydrogen-bond acceptors (Lipinski definition) is 4. The Hall–Kier alpha value is -2.89. The second kappa shape index (κ2) is 6.91. The standard InChI is InChI=1S/C17H17N3O3/c21-16(20-13-5-3-8-18-11-13)7-9-19-17(22)15-10-12-4-1-2-6-14(12)23-15/h1-6,8,11,15H,7,9-10H2,(H,19,22)(H,20,21). The minimum Gasteiger partial charge on any atom is -0.480 e. The van der Waals surface area contributed by atoms with Gasteiger partial charge in [-0.3, -0.25) is 14.6 Å². The maximum Gasteiger partial charge on any atom is 0.261 e. The highest BCUT2D eigenvalue weighted by Gasteiger charge is 2.28. The van der Waals surface area contributed by atoms with Crippen LogP contribution in [0.2, 0.25) is 0 Å². The lowest BCUT2D eigenvalue weighted by Gasteiger charge is -2.11. The molecule has 2 heterocycles. The van der Waals surface area contributed by atoms with Crippen LogP contribution >= 0.6 is 0 Å². The van der Waals surface area contributed by atoms with Gasteiger partial charge in [0.15, 0.2) is 6.10 Å². The predicted molar refractivity (Wildman–Crippen MR) is 85.1 cm³/mol. The van der Waals surface area contributed by atoms with Crippen LogP contribution in [0.25, 0.3) is 0 Å². The molecule has 2 N–H and O–H groups in total. The number of ether oxygens (including phenoxy) is 1. The van der Waals surface area contributed by atoms with Crippen LogP contribution in [0.5, 0.6) is 5.75 Å². The Kier molecular flexibility index (Phi) is 4.52. The van der Waals surface area contributed by atoms with Gasteiger partial charge >= 0.3 is 0 Å². The number of nitrogens with one attached hydrogen (secondary N) is 2. The van der Waals surface area contributed by atoms with E-state index in [9.17, 15) is 9.59 Å². The van der Waals surface area contributed by atoms with E-state index in [1.807, 2.05) is 24.3 Å². The van der Waals surface area contributed by atoms with Crippen molar-refractivity contribution in [2.45, 2.75) is 18.9 Å². The molecule has 0 saturated carbocycles. The molecule has 23 heavy (non-hydrogen) atoms. The van der Waals surface area contributed by atoms with E-state index in [0.29, 0.717) is 12.1 Å². The number of pyridine rings is 1. The third-order valence-corrected chi connectivity index (χ3v) is 3.54. The van der Waals surface area contributed by atoms with Crippen molar-refractivity contribution in [2.24, 2.45) is 0 Å². The molecule has 1 aliphatic rings. The van der Waals surface area contributed by atoms with Crippen molar-refractivity contribution in [1.82, 2.24) is 10.3 Å². The zero-order valence-corrected chi connectivity index (χ0v) is 12.5. The summed E-state index contributed by atoms with van der Waals surface area (Å²) in [5.74, 6) is 0.381. The van der Waals surface area contributed by atoms with Crippen molar-refractivity contribution in [3.63, 3.8) is 0 Å². The van der Waals surface area contributed by atoms with Gasteiger partial charge in [0.25, 0.3) is 5.91 Å². The number of aromatic nitrogens is 1. The first-order valence-electron chi connectivity index (χ1n) is 7.44. The number of para-hydroxylation sites is 1. The van der Waals surface area contributed by atoms with Crippen molar-refractivity contribution < 1.29 is 14.3 Å². The molecule has 1 atom stereocenters. The first-order valence-corrected chi connectivity index (χ1v) is 7.44. The zero-order chi connectivity index (χ0) is 16.1. The first-order chi connectivity index (χ1) is 11.2. The van der Waals surface area contributed by atoms with Gasteiger partial charge in [-0.15, -0.1) is 0 Å². The zero-order valence-electron chi connectivity index (χ0n) is 12.5. The summed E-state index contributed by atoms with van der Waals surface area (Å²) < 4.78 is 5.60. The molecule has 1 aromatic carbocycles. The Bertz CT molecular complexity index is 678. The van der Waals surface area contributed by atoms with Crippen LogP contribution in [-0.4, -0.2) is 29.4 Å². The van der Waals surface area contributed by atoms with E-state index in [1.165, 1.54) is 0 Å². The van der Waals surface area contributed by atoms with Gasteiger partial charge < -0.3 is 15.4 Å². The van der Waals surface area contributed by atoms with Crippen LogP contribution in [-0.2, 0) is 16.0 Å². The van der Waals surface area contributed by atoms with Crippen LogP contribution < -0.4 is 15.4 Å². The average Bonchev–Trinajstić information content (AvgIpc) is 3.00. The van der Waals surface area contributed by atoms with E-state index in [-0.39, 0.29) is 24.8 Å². The largest absolute Gasteiger partial charge is 0.480 e. The van der Waals surface area contributed by atoms with Gasteiger partial charge in [-0.25, -0.2) is 0 Å². The molecule has 2 amide bonds. The van der Waals surface area contributed by atoms with Crippen molar-refractivity contribution >= 4 is 17.5 Å². The summed E-state index contributed by atoms with van der Waals surface area (Å²) in [6.07, 6.45) is 3.44. The van der Waals surface area contributed by atoms with Crippen LogP contribution in [0, 0.1) is 0 Å². The van der Waals surface area contributed by atoms with Gasteiger partial charge in [0.1, 0.15) is 5.75 Å². The van der Waals surface area contributed by atoms with E-state index < -0.39 is 6.10 Å². The maximum absolute atomic E-state index is 12.1. The fraction of sp³-hybridized carbons (Fsp3) is 0.235. The van der Waals surface area contributed by atoms with Crippen molar-refractivity contribution in [3.8, 4) is 5.75 Å². The van der Waals surface area contributed by atoms with E-state index in [0.717, 1.165) is 11.3 Å². The van der Waals surface area contributed by atoms with Gasteiger partial charge in [0, 0.05) is 25.6 Å². The van der Waals surface area contributed by atoms with E-state index in [2.05, 4.69) is 15.6 Å². The lowest BCUT2D eigenvalue weighted by Crippen LogP contribution is -2.38. The Morgan fingerprint density at radius 1 is 1.22 bits per heavy atom. The van der Waals surface area contributed by atoms with Gasteiger partial charge in [-0.1, -0.05) is 18.2 Å². The molecule has 6 heteroatoms. The van der Waals surface area contributed by atoms with E-state index in [1.54, 1.807) is 24.5 Å². The quantitative estimate of drug-likeness (QED) is 0.877. The minimum atomic E-state index is -0.520. The Morgan fingerprint density at radius 2 is 2.09 bits per heavy atom. The summed E-state index contributed by atoms with van der Waals surface area (Å²) in [7, 11) is 0. The topological polar surface area (TPSA) is 80.3 Å². The number of nitrogens with zero attached hydrogens (tertiary/aromatic N) is 1. The molecule has 6 nitrogen and oxygen atoms in total. The molecular weight excluding hydrogens is 294 g/mol. The third-order valence-electron chi connectivity index (χ3n) is 3.54. The highest BCUT2D eigenvalue weighted by Crippen LogP contribution is 2.28. The SMILES string of the molecule is O=C(CCNC(=O)C1Cc2ccccc2O1)Nc1cccnc1. The molecule has 3 rings (SSSR count). The Balaban J connectivity index is 1.41. The average molecular weight is 311 g/mol. The predicted octanol–water partition coefficient (Wildman–Crippen LogP) is 1.53. The summed E-state index contributed by atoms with van der Waals surface area (Å²) in [4.78, 5) is 27.8. The Morgan fingerprint density at radius 3 is 2.87 bits per heavy atom. The number of benzene rings is 1. The molecule has 0 saturated heterocycles. The lowest BCUT2D eigenvalue weighted by molar-refractivity contribution is -0.127. The number of hydrogen-bond donors (Lipinski definition) is 2. The number of rotatable bonds is 5. The highest BCUT2D eigenvalue weighted by atomic mass is 16.5. The molecule has 118 valence electrons. The number of fused-ring (bicyclic) bond motifs is 1.